The number of rotatable bonds is 7. The second kappa shape index (κ2) is 8.68. The Labute approximate surface area is 177 Å². The quantitative estimate of drug-likeness (QED) is 0.677. The fraction of sp³-hybridized carbons (Fsp3) is 0.417. The van der Waals surface area contributed by atoms with E-state index in [4.69, 9.17) is 9.47 Å². The smallest absolute Gasteiger partial charge is 0.193 e. The molecule has 1 heterocycles. The van der Waals surface area contributed by atoms with Gasteiger partial charge in [0.2, 0.25) is 0 Å². The maximum Gasteiger partial charge on any atom is 0.193 e. The van der Waals surface area contributed by atoms with Gasteiger partial charge in [-0.2, -0.15) is 0 Å². The summed E-state index contributed by atoms with van der Waals surface area (Å²) in [6.07, 6.45) is -0.167. The number of benzene rings is 2. The molecule has 1 aliphatic rings. The van der Waals surface area contributed by atoms with Crippen LogP contribution in [0.1, 0.15) is 48.4 Å². The summed E-state index contributed by atoms with van der Waals surface area (Å²) in [5.74, 6) is 0.818. The average molecular weight is 411 g/mol. The summed E-state index contributed by atoms with van der Waals surface area (Å²) in [5.41, 5.74) is -1.04. The third-order valence-corrected chi connectivity index (χ3v) is 5.34. The molecule has 0 aliphatic carbocycles. The van der Waals surface area contributed by atoms with Crippen molar-refractivity contribution in [2.24, 2.45) is 5.41 Å². The molecule has 1 atom stereocenters. The molecule has 1 saturated heterocycles. The summed E-state index contributed by atoms with van der Waals surface area (Å²) in [6.45, 7) is 8.81. The van der Waals surface area contributed by atoms with Crippen LogP contribution in [0, 0.1) is 5.41 Å². The van der Waals surface area contributed by atoms with Gasteiger partial charge in [0, 0.05) is 24.2 Å². The number of carbonyl (C=O) groups is 2. The van der Waals surface area contributed by atoms with Crippen LogP contribution >= 0.6 is 0 Å². The monoisotopic (exact) mass is 411 g/mol. The molecule has 160 valence electrons. The van der Waals surface area contributed by atoms with Gasteiger partial charge < -0.3 is 19.9 Å². The lowest BCUT2D eigenvalue weighted by Crippen LogP contribution is -2.49. The van der Waals surface area contributed by atoms with Gasteiger partial charge in [0.25, 0.3) is 0 Å². The zero-order valence-corrected chi connectivity index (χ0v) is 17.9. The predicted molar refractivity (Wildman–Crippen MR) is 114 cm³/mol. The highest BCUT2D eigenvalue weighted by Gasteiger charge is 2.38. The van der Waals surface area contributed by atoms with E-state index < -0.39 is 11.0 Å². The summed E-state index contributed by atoms with van der Waals surface area (Å²) in [7, 11) is 0. The normalized spacial score (nSPS) is 17.4. The number of hydrogen-bond acceptors (Lipinski definition) is 6. The summed E-state index contributed by atoms with van der Waals surface area (Å²) in [6, 6.07) is 13.6. The van der Waals surface area contributed by atoms with Crippen LogP contribution in [0.15, 0.2) is 48.5 Å². The Bertz CT molecular complexity index is 889. The predicted octanol–water partition coefficient (Wildman–Crippen LogP) is 3.63. The van der Waals surface area contributed by atoms with Gasteiger partial charge in [0.15, 0.2) is 11.6 Å². The molecule has 30 heavy (non-hydrogen) atoms. The second-order valence-corrected chi connectivity index (χ2v) is 8.65. The minimum atomic E-state index is -1.42. The summed E-state index contributed by atoms with van der Waals surface area (Å²) in [4.78, 5) is 25.1. The first kappa shape index (κ1) is 22.2. The lowest BCUT2D eigenvalue weighted by Gasteiger charge is -2.36. The minimum absolute atomic E-state index is 0.0252. The molecule has 0 saturated carbocycles. The number of Topliss-reactive ketones (excluding diaryl/α,β-unsaturated/α-hetero) is 2. The second-order valence-electron chi connectivity index (χ2n) is 8.65. The first-order chi connectivity index (χ1) is 14.1. The number of nitrogens with one attached hydrogen (secondary N) is 1. The van der Waals surface area contributed by atoms with Crippen molar-refractivity contribution < 1.29 is 24.2 Å². The standard InChI is InChI=1S/C24H29NO5/c1-23(2,20-15-25-13-14-29-20)21(26)16-5-9-18(10-6-16)30-19-11-7-17(8-12-19)22(27)24(3,4)28/h5-12,20,25,28H,13-15H2,1-4H3. The van der Waals surface area contributed by atoms with Crippen molar-refractivity contribution in [1.29, 1.82) is 0 Å². The number of aliphatic hydroxyl groups is 1. The first-order valence-corrected chi connectivity index (χ1v) is 10.1. The fourth-order valence-corrected chi connectivity index (χ4v) is 3.39. The minimum Gasteiger partial charge on any atom is -0.457 e. The van der Waals surface area contributed by atoms with Gasteiger partial charge in [-0.05, 0) is 76.2 Å². The number of morpholine rings is 1. The van der Waals surface area contributed by atoms with E-state index in [0.29, 0.717) is 35.8 Å². The fourth-order valence-electron chi connectivity index (χ4n) is 3.39. The van der Waals surface area contributed by atoms with Crippen molar-refractivity contribution in [2.45, 2.75) is 39.4 Å². The van der Waals surface area contributed by atoms with Crippen molar-refractivity contribution in [3.8, 4) is 11.5 Å². The average Bonchev–Trinajstić information content (AvgIpc) is 2.74. The number of ether oxygens (including phenoxy) is 2. The van der Waals surface area contributed by atoms with E-state index in [-0.39, 0.29) is 17.7 Å². The van der Waals surface area contributed by atoms with Crippen molar-refractivity contribution in [2.75, 3.05) is 19.7 Å². The van der Waals surface area contributed by atoms with Gasteiger partial charge in [-0.1, -0.05) is 0 Å². The van der Waals surface area contributed by atoms with E-state index in [2.05, 4.69) is 5.32 Å². The zero-order chi connectivity index (χ0) is 21.9. The Morgan fingerprint density at radius 1 is 0.933 bits per heavy atom. The number of carbonyl (C=O) groups excluding carboxylic acids is 2. The summed E-state index contributed by atoms with van der Waals surface area (Å²) >= 11 is 0. The molecule has 0 radical (unpaired) electrons. The molecular formula is C24H29NO5. The molecule has 0 spiro atoms. The SMILES string of the molecule is CC(C)(O)C(=O)c1ccc(Oc2ccc(C(=O)C(C)(C)C3CNCCO3)cc2)cc1. The van der Waals surface area contributed by atoms with Crippen molar-refractivity contribution in [3.63, 3.8) is 0 Å². The van der Waals surface area contributed by atoms with Crippen molar-refractivity contribution in [3.05, 3.63) is 59.7 Å². The van der Waals surface area contributed by atoms with Crippen LogP contribution in [-0.2, 0) is 4.74 Å². The zero-order valence-electron chi connectivity index (χ0n) is 17.9. The van der Waals surface area contributed by atoms with Gasteiger partial charge >= 0.3 is 0 Å². The highest BCUT2D eigenvalue weighted by atomic mass is 16.5. The van der Waals surface area contributed by atoms with Gasteiger partial charge in [0.1, 0.15) is 17.1 Å². The molecule has 1 aliphatic heterocycles. The highest BCUT2D eigenvalue weighted by molar-refractivity contribution is 6.02. The number of ketones is 2. The molecule has 1 unspecified atom stereocenters. The Morgan fingerprint density at radius 3 is 1.87 bits per heavy atom. The molecule has 6 nitrogen and oxygen atoms in total. The molecule has 6 heteroatoms. The van der Waals surface area contributed by atoms with E-state index in [1.807, 2.05) is 13.8 Å². The molecule has 3 rings (SSSR count). The lowest BCUT2D eigenvalue weighted by atomic mass is 9.78. The van der Waals surface area contributed by atoms with Gasteiger partial charge in [-0.15, -0.1) is 0 Å². The molecule has 0 bridgehead atoms. The van der Waals surface area contributed by atoms with Crippen LogP contribution < -0.4 is 10.1 Å². The molecule has 0 amide bonds. The van der Waals surface area contributed by atoms with E-state index in [1.165, 1.54) is 13.8 Å². The van der Waals surface area contributed by atoms with Crippen LogP contribution in [0.5, 0.6) is 11.5 Å². The maximum atomic E-state index is 13.0. The highest BCUT2D eigenvalue weighted by Crippen LogP contribution is 2.30. The van der Waals surface area contributed by atoms with E-state index >= 15 is 0 Å². The Morgan fingerprint density at radius 2 is 1.43 bits per heavy atom. The van der Waals surface area contributed by atoms with Gasteiger partial charge in [0.05, 0.1) is 18.1 Å². The van der Waals surface area contributed by atoms with E-state index in [9.17, 15) is 14.7 Å². The largest absolute Gasteiger partial charge is 0.457 e. The third-order valence-electron chi connectivity index (χ3n) is 5.34. The topological polar surface area (TPSA) is 84.9 Å². The molecule has 2 N–H and O–H groups in total. The Hall–Kier alpha value is -2.54. The van der Waals surface area contributed by atoms with Gasteiger partial charge in [-0.3, -0.25) is 9.59 Å². The number of hydrogen-bond donors (Lipinski definition) is 2. The Kier molecular flexibility index (Phi) is 6.41. The van der Waals surface area contributed by atoms with Crippen LogP contribution in [0.4, 0.5) is 0 Å². The summed E-state index contributed by atoms with van der Waals surface area (Å²) in [5, 5.41) is 13.1. The van der Waals surface area contributed by atoms with E-state index in [0.717, 1.165) is 6.54 Å². The molecule has 2 aromatic carbocycles. The maximum absolute atomic E-state index is 13.0. The van der Waals surface area contributed by atoms with Crippen LogP contribution in [0.3, 0.4) is 0 Å². The first-order valence-electron chi connectivity index (χ1n) is 10.1. The van der Waals surface area contributed by atoms with Gasteiger partial charge in [-0.25, -0.2) is 0 Å². The van der Waals surface area contributed by atoms with Crippen molar-refractivity contribution >= 4 is 11.6 Å². The Balaban J connectivity index is 1.67. The van der Waals surface area contributed by atoms with Crippen LogP contribution in [0.2, 0.25) is 0 Å². The lowest BCUT2D eigenvalue weighted by molar-refractivity contribution is -0.0324. The van der Waals surface area contributed by atoms with E-state index in [1.54, 1.807) is 48.5 Å². The molecular weight excluding hydrogens is 382 g/mol. The molecule has 2 aromatic rings. The molecule has 0 aromatic heterocycles. The van der Waals surface area contributed by atoms with Crippen molar-refractivity contribution in [1.82, 2.24) is 5.32 Å². The molecule has 1 fully saturated rings. The third kappa shape index (κ3) is 4.95. The van der Waals surface area contributed by atoms with Crippen LogP contribution in [-0.4, -0.2) is 48.1 Å². The summed E-state index contributed by atoms with van der Waals surface area (Å²) < 4.78 is 11.6. The van der Waals surface area contributed by atoms with Crippen LogP contribution in [0.25, 0.3) is 0 Å².